The standard InChI is InChI=1S/C20H16ClNO5S2/c21-13-7-5-12(6-8-13)17-9-10-18(28-17)29(26,27)22-20(19(24)25)11-15(20)14-3-1-2-4-16(14)23/h1-10,15,22-23H,11H2,(H,24,25). The van der Waals surface area contributed by atoms with Gasteiger partial charge in [-0.15, -0.1) is 11.3 Å². The number of para-hydroxylation sites is 1. The molecular weight excluding hydrogens is 434 g/mol. The predicted octanol–water partition coefficient (Wildman–Crippen LogP) is 4.06. The van der Waals surface area contributed by atoms with Gasteiger partial charge in [0.1, 0.15) is 15.5 Å². The van der Waals surface area contributed by atoms with Crippen LogP contribution in [0.25, 0.3) is 10.4 Å². The molecule has 29 heavy (non-hydrogen) atoms. The number of aliphatic carboxylic acids is 1. The van der Waals surface area contributed by atoms with Crippen molar-refractivity contribution in [2.24, 2.45) is 0 Å². The maximum atomic E-state index is 12.9. The van der Waals surface area contributed by atoms with E-state index in [1.165, 1.54) is 12.1 Å². The molecule has 150 valence electrons. The van der Waals surface area contributed by atoms with Gasteiger partial charge in [-0.2, -0.15) is 4.72 Å². The maximum absolute atomic E-state index is 12.9. The fraction of sp³-hybridized carbons (Fsp3) is 0.150. The number of carboxylic acids is 1. The monoisotopic (exact) mass is 449 g/mol. The van der Waals surface area contributed by atoms with E-state index in [4.69, 9.17) is 11.6 Å². The fourth-order valence-corrected chi connectivity index (χ4v) is 6.18. The van der Waals surface area contributed by atoms with Crippen molar-refractivity contribution in [3.8, 4) is 16.2 Å². The zero-order chi connectivity index (χ0) is 20.8. The van der Waals surface area contributed by atoms with E-state index in [2.05, 4.69) is 4.72 Å². The number of hydrogen-bond donors (Lipinski definition) is 3. The Morgan fingerprint density at radius 1 is 1.10 bits per heavy atom. The Bertz CT molecular complexity index is 1190. The fourth-order valence-electron chi connectivity index (χ4n) is 3.34. The van der Waals surface area contributed by atoms with Gasteiger partial charge in [-0.1, -0.05) is 41.9 Å². The lowest BCUT2D eigenvalue weighted by Crippen LogP contribution is -2.44. The molecule has 0 radical (unpaired) electrons. The average Bonchev–Trinajstić information content (AvgIpc) is 3.16. The summed E-state index contributed by atoms with van der Waals surface area (Å²) >= 11 is 6.93. The van der Waals surface area contributed by atoms with E-state index in [-0.39, 0.29) is 16.4 Å². The van der Waals surface area contributed by atoms with E-state index < -0.39 is 27.4 Å². The lowest BCUT2D eigenvalue weighted by atomic mass is 10.1. The van der Waals surface area contributed by atoms with Crippen molar-refractivity contribution in [2.45, 2.75) is 22.1 Å². The van der Waals surface area contributed by atoms with E-state index in [1.807, 2.05) is 0 Å². The Labute approximate surface area is 176 Å². The molecule has 4 rings (SSSR count). The van der Waals surface area contributed by atoms with Gasteiger partial charge in [-0.3, -0.25) is 4.79 Å². The highest BCUT2D eigenvalue weighted by molar-refractivity contribution is 7.91. The second kappa shape index (κ2) is 7.14. The summed E-state index contributed by atoms with van der Waals surface area (Å²) in [6.07, 6.45) is 0.0640. The van der Waals surface area contributed by atoms with E-state index >= 15 is 0 Å². The zero-order valence-electron chi connectivity index (χ0n) is 14.9. The molecule has 1 aliphatic carbocycles. The first kappa shape index (κ1) is 19.9. The zero-order valence-corrected chi connectivity index (χ0v) is 17.3. The van der Waals surface area contributed by atoms with E-state index in [0.717, 1.165) is 21.8 Å². The quantitative estimate of drug-likeness (QED) is 0.526. The van der Waals surface area contributed by atoms with Crippen molar-refractivity contribution in [1.29, 1.82) is 0 Å². The van der Waals surface area contributed by atoms with Crippen molar-refractivity contribution in [3.05, 3.63) is 71.2 Å². The Morgan fingerprint density at radius 3 is 2.45 bits per heavy atom. The summed E-state index contributed by atoms with van der Waals surface area (Å²) in [6.45, 7) is 0. The number of sulfonamides is 1. The summed E-state index contributed by atoms with van der Waals surface area (Å²) in [4.78, 5) is 12.7. The summed E-state index contributed by atoms with van der Waals surface area (Å²) in [5.74, 6) is -1.98. The van der Waals surface area contributed by atoms with Gasteiger partial charge in [0.05, 0.1) is 0 Å². The van der Waals surface area contributed by atoms with Gasteiger partial charge in [-0.05, 0) is 47.9 Å². The van der Waals surface area contributed by atoms with Crippen molar-refractivity contribution >= 4 is 38.9 Å². The lowest BCUT2D eigenvalue weighted by molar-refractivity contribution is -0.140. The van der Waals surface area contributed by atoms with Crippen molar-refractivity contribution in [1.82, 2.24) is 4.72 Å². The summed E-state index contributed by atoms with van der Waals surface area (Å²) < 4.78 is 28.2. The Kier molecular flexibility index (Phi) is 4.90. The molecular formula is C20H16ClNO5S2. The minimum Gasteiger partial charge on any atom is -0.508 e. The molecule has 3 aromatic rings. The van der Waals surface area contributed by atoms with Gasteiger partial charge >= 0.3 is 5.97 Å². The van der Waals surface area contributed by atoms with E-state index in [9.17, 15) is 23.4 Å². The summed E-state index contributed by atoms with van der Waals surface area (Å²) in [5.41, 5.74) is -0.458. The molecule has 2 aromatic carbocycles. The molecule has 2 unspecified atom stereocenters. The van der Waals surface area contributed by atoms with E-state index in [1.54, 1.807) is 48.5 Å². The van der Waals surface area contributed by atoms with Crippen LogP contribution in [0.5, 0.6) is 5.75 Å². The molecule has 0 bridgehead atoms. The van der Waals surface area contributed by atoms with Crippen LogP contribution in [0.3, 0.4) is 0 Å². The number of nitrogens with one attached hydrogen (secondary N) is 1. The Balaban J connectivity index is 1.62. The molecule has 1 aliphatic rings. The highest BCUT2D eigenvalue weighted by Gasteiger charge is 2.64. The van der Waals surface area contributed by atoms with Crippen LogP contribution in [0.15, 0.2) is 64.9 Å². The smallest absolute Gasteiger partial charge is 0.325 e. The molecule has 9 heteroatoms. The third kappa shape index (κ3) is 3.64. The first-order chi connectivity index (χ1) is 13.7. The van der Waals surface area contributed by atoms with E-state index in [0.29, 0.717) is 10.6 Å². The number of phenols is 1. The highest BCUT2D eigenvalue weighted by Crippen LogP contribution is 2.54. The topological polar surface area (TPSA) is 104 Å². The van der Waals surface area contributed by atoms with Crippen molar-refractivity contribution < 1.29 is 23.4 Å². The number of benzene rings is 2. The lowest BCUT2D eigenvalue weighted by Gasteiger charge is -2.15. The van der Waals surface area contributed by atoms with Crippen LogP contribution in [-0.2, 0) is 14.8 Å². The predicted molar refractivity (Wildman–Crippen MR) is 111 cm³/mol. The Hall–Kier alpha value is -2.39. The van der Waals surface area contributed by atoms with Gasteiger partial charge in [0.15, 0.2) is 0 Å². The van der Waals surface area contributed by atoms with Crippen molar-refractivity contribution in [2.75, 3.05) is 0 Å². The molecule has 1 saturated carbocycles. The molecule has 0 spiro atoms. The maximum Gasteiger partial charge on any atom is 0.325 e. The van der Waals surface area contributed by atoms with Crippen LogP contribution in [0.4, 0.5) is 0 Å². The van der Waals surface area contributed by atoms with Crippen LogP contribution in [-0.4, -0.2) is 30.1 Å². The Morgan fingerprint density at radius 2 is 1.79 bits per heavy atom. The molecule has 2 atom stereocenters. The van der Waals surface area contributed by atoms with Crippen LogP contribution < -0.4 is 4.72 Å². The minimum atomic E-state index is -4.07. The number of carboxylic acid groups (broad SMARTS) is 1. The normalized spacial score (nSPS) is 21.1. The van der Waals surface area contributed by atoms with Crippen LogP contribution >= 0.6 is 22.9 Å². The second-order valence-corrected chi connectivity index (χ2v) is 10.3. The number of thiophene rings is 1. The number of phenolic OH excluding ortho intramolecular Hbond substituents is 1. The number of halogens is 1. The average molecular weight is 450 g/mol. The second-order valence-electron chi connectivity index (χ2n) is 6.82. The molecule has 0 aliphatic heterocycles. The summed E-state index contributed by atoms with van der Waals surface area (Å²) in [7, 11) is -4.07. The van der Waals surface area contributed by atoms with Gasteiger partial charge < -0.3 is 10.2 Å². The largest absolute Gasteiger partial charge is 0.508 e. The van der Waals surface area contributed by atoms with Crippen LogP contribution in [0, 0.1) is 0 Å². The summed E-state index contributed by atoms with van der Waals surface area (Å²) in [6, 6.07) is 16.5. The van der Waals surface area contributed by atoms with Gasteiger partial charge in [0, 0.05) is 15.8 Å². The minimum absolute atomic E-state index is 0.0195. The molecule has 1 heterocycles. The van der Waals surface area contributed by atoms with Gasteiger partial charge in [-0.25, -0.2) is 8.42 Å². The molecule has 3 N–H and O–H groups in total. The van der Waals surface area contributed by atoms with Gasteiger partial charge in [0.25, 0.3) is 10.0 Å². The van der Waals surface area contributed by atoms with Crippen LogP contribution in [0.1, 0.15) is 17.9 Å². The number of hydrogen-bond acceptors (Lipinski definition) is 5. The number of carbonyl (C=O) groups is 1. The SMILES string of the molecule is O=C(O)C1(NS(=O)(=O)c2ccc(-c3ccc(Cl)cc3)s2)CC1c1ccccc1O. The summed E-state index contributed by atoms with van der Waals surface area (Å²) in [5, 5.41) is 20.3. The molecule has 1 fully saturated rings. The highest BCUT2D eigenvalue weighted by atomic mass is 35.5. The van der Waals surface area contributed by atoms with Crippen molar-refractivity contribution in [3.63, 3.8) is 0 Å². The molecule has 1 aromatic heterocycles. The number of rotatable bonds is 6. The molecule has 6 nitrogen and oxygen atoms in total. The molecule has 0 amide bonds. The van der Waals surface area contributed by atoms with Gasteiger partial charge in [0.2, 0.25) is 0 Å². The first-order valence-corrected chi connectivity index (χ1v) is 11.3. The third-order valence-corrected chi connectivity index (χ3v) is 8.33. The van der Waals surface area contributed by atoms with Crippen LogP contribution in [0.2, 0.25) is 5.02 Å². The number of aromatic hydroxyl groups is 1. The molecule has 0 saturated heterocycles. The first-order valence-electron chi connectivity index (χ1n) is 8.64. The third-order valence-electron chi connectivity index (χ3n) is 4.95.